The lowest BCUT2D eigenvalue weighted by molar-refractivity contribution is 0.0635. The Balaban J connectivity index is 1.81. The van der Waals surface area contributed by atoms with Crippen molar-refractivity contribution in [1.82, 2.24) is 5.32 Å². The standard InChI is InChI=1S/C8H17NOS/c1-2-11-4-3-9-7-5-8(10)6-7/h7-10H,2-6H2,1H3. The van der Waals surface area contributed by atoms with Crippen LogP contribution in [-0.4, -0.2) is 35.3 Å². The van der Waals surface area contributed by atoms with Gasteiger partial charge in [-0.2, -0.15) is 11.8 Å². The van der Waals surface area contributed by atoms with Crippen LogP contribution in [-0.2, 0) is 0 Å². The summed E-state index contributed by atoms with van der Waals surface area (Å²) in [7, 11) is 0. The number of hydrogen-bond acceptors (Lipinski definition) is 3. The highest BCUT2D eigenvalue weighted by Crippen LogP contribution is 2.18. The van der Waals surface area contributed by atoms with Crippen molar-refractivity contribution in [3.63, 3.8) is 0 Å². The summed E-state index contributed by atoms with van der Waals surface area (Å²) in [6.45, 7) is 3.27. The predicted octanol–water partition coefficient (Wildman–Crippen LogP) is 0.852. The van der Waals surface area contributed by atoms with E-state index in [1.165, 1.54) is 11.5 Å². The van der Waals surface area contributed by atoms with Gasteiger partial charge in [0.1, 0.15) is 0 Å². The maximum absolute atomic E-state index is 8.98. The quantitative estimate of drug-likeness (QED) is 0.608. The third kappa shape index (κ3) is 3.45. The minimum Gasteiger partial charge on any atom is -0.393 e. The molecule has 0 aromatic rings. The molecule has 1 saturated carbocycles. The van der Waals surface area contributed by atoms with Crippen LogP contribution in [0.3, 0.4) is 0 Å². The molecule has 0 aromatic carbocycles. The van der Waals surface area contributed by atoms with Crippen molar-refractivity contribution in [2.24, 2.45) is 0 Å². The van der Waals surface area contributed by atoms with Gasteiger partial charge in [-0.1, -0.05) is 6.92 Å². The van der Waals surface area contributed by atoms with Crippen LogP contribution in [0, 0.1) is 0 Å². The largest absolute Gasteiger partial charge is 0.393 e. The zero-order valence-electron chi connectivity index (χ0n) is 7.05. The Hall–Kier alpha value is 0.270. The van der Waals surface area contributed by atoms with Crippen LogP contribution in [0.15, 0.2) is 0 Å². The molecule has 0 saturated heterocycles. The summed E-state index contributed by atoms with van der Waals surface area (Å²) < 4.78 is 0. The van der Waals surface area contributed by atoms with Gasteiger partial charge in [0, 0.05) is 18.3 Å². The van der Waals surface area contributed by atoms with E-state index in [9.17, 15) is 0 Å². The highest BCUT2D eigenvalue weighted by molar-refractivity contribution is 7.99. The van der Waals surface area contributed by atoms with Crippen LogP contribution in [0.4, 0.5) is 0 Å². The summed E-state index contributed by atoms with van der Waals surface area (Å²) in [5, 5.41) is 12.4. The molecule has 0 spiro atoms. The molecule has 1 fully saturated rings. The average molecular weight is 175 g/mol. The first-order valence-corrected chi connectivity index (χ1v) is 5.47. The van der Waals surface area contributed by atoms with Gasteiger partial charge in [-0.05, 0) is 18.6 Å². The van der Waals surface area contributed by atoms with Gasteiger partial charge >= 0.3 is 0 Å². The number of thioether (sulfide) groups is 1. The summed E-state index contributed by atoms with van der Waals surface area (Å²) in [5.41, 5.74) is 0. The molecule has 66 valence electrons. The number of rotatable bonds is 5. The molecule has 0 atom stereocenters. The molecule has 1 rings (SSSR count). The van der Waals surface area contributed by atoms with E-state index in [4.69, 9.17) is 5.11 Å². The molecular formula is C8H17NOS. The van der Waals surface area contributed by atoms with Gasteiger partial charge in [-0.3, -0.25) is 0 Å². The van der Waals surface area contributed by atoms with Crippen LogP contribution in [0.25, 0.3) is 0 Å². The number of nitrogens with one attached hydrogen (secondary N) is 1. The maximum Gasteiger partial charge on any atom is 0.0570 e. The van der Waals surface area contributed by atoms with Crippen molar-refractivity contribution in [1.29, 1.82) is 0 Å². The average Bonchev–Trinajstić information content (AvgIpc) is 1.94. The molecule has 0 amide bonds. The third-order valence-electron chi connectivity index (χ3n) is 2.00. The molecular weight excluding hydrogens is 158 g/mol. The van der Waals surface area contributed by atoms with Crippen molar-refractivity contribution in [3.05, 3.63) is 0 Å². The molecule has 3 heteroatoms. The van der Waals surface area contributed by atoms with Crippen molar-refractivity contribution in [2.45, 2.75) is 31.9 Å². The SMILES string of the molecule is CCSCCNC1CC(O)C1. The van der Waals surface area contributed by atoms with E-state index < -0.39 is 0 Å². The van der Waals surface area contributed by atoms with Crippen LogP contribution >= 0.6 is 11.8 Å². The molecule has 1 aliphatic carbocycles. The molecule has 0 bridgehead atoms. The first-order valence-electron chi connectivity index (χ1n) is 4.32. The Morgan fingerprint density at radius 1 is 1.55 bits per heavy atom. The Kier molecular flexibility index (Phi) is 4.26. The van der Waals surface area contributed by atoms with Crippen LogP contribution in [0.5, 0.6) is 0 Å². The zero-order valence-corrected chi connectivity index (χ0v) is 7.86. The lowest BCUT2D eigenvalue weighted by Crippen LogP contribution is -2.44. The van der Waals surface area contributed by atoms with E-state index in [1.807, 2.05) is 11.8 Å². The summed E-state index contributed by atoms with van der Waals surface area (Å²) in [5.74, 6) is 2.40. The predicted molar refractivity (Wildman–Crippen MR) is 50.0 cm³/mol. The van der Waals surface area contributed by atoms with Crippen molar-refractivity contribution in [3.8, 4) is 0 Å². The smallest absolute Gasteiger partial charge is 0.0570 e. The van der Waals surface area contributed by atoms with Crippen molar-refractivity contribution < 1.29 is 5.11 Å². The second-order valence-electron chi connectivity index (χ2n) is 2.97. The summed E-state index contributed by atoms with van der Waals surface area (Å²) in [6.07, 6.45) is 1.89. The van der Waals surface area contributed by atoms with Crippen LogP contribution < -0.4 is 5.32 Å². The maximum atomic E-state index is 8.98. The van der Waals surface area contributed by atoms with Gasteiger partial charge in [0.2, 0.25) is 0 Å². The monoisotopic (exact) mass is 175 g/mol. The minimum absolute atomic E-state index is 0.0219. The zero-order chi connectivity index (χ0) is 8.10. The fourth-order valence-corrected chi connectivity index (χ4v) is 1.78. The number of aliphatic hydroxyl groups excluding tert-OH is 1. The molecule has 0 aliphatic heterocycles. The fraction of sp³-hybridized carbons (Fsp3) is 1.00. The lowest BCUT2D eigenvalue weighted by Gasteiger charge is -2.32. The molecule has 2 N–H and O–H groups in total. The second kappa shape index (κ2) is 5.01. The molecule has 0 heterocycles. The van der Waals surface area contributed by atoms with E-state index in [1.54, 1.807) is 0 Å². The van der Waals surface area contributed by atoms with Crippen molar-refractivity contribution >= 4 is 11.8 Å². The Morgan fingerprint density at radius 3 is 2.82 bits per heavy atom. The highest BCUT2D eigenvalue weighted by atomic mass is 32.2. The van der Waals surface area contributed by atoms with Gasteiger partial charge in [-0.25, -0.2) is 0 Å². The minimum atomic E-state index is -0.0219. The highest BCUT2D eigenvalue weighted by Gasteiger charge is 2.25. The Labute approximate surface area is 72.8 Å². The molecule has 2 nitrogen and oxygen atoms in total. The summed E-state index contributed by atoms with van der Waals surface area (Å²) >= 11 is 1.96. The number of aliphatic hydroxyl groups is 1. The Bertz CT molecular complexity index is 104. The summed E-state index contributed by atoms with van der Waals surface area (Å²) in [6, 6.07) is 0.599. The first-order chi connectivity index (χ1) is 5.33. The van der Waals surface area contributed by atoms with Crippen molar-refractivity contribution in [2.75, 3.05) is 18.1 Å². The third-order valence-corrected chi connectivity index (χ3v) is 2.90. The topological polar surface area (TPSA) is 32.3 Å². The van der Waals surface area contributed by atoms with Gasteiger partial charge in [-0.15, -0.1) is 0 Å². The van der Waals surface area contributed by atoms with E-state index >= 15 is 0 Å². The second-order valence-corrected chi connectivity index (χ2v) is 4.37. The van der Waals surface area contributed by atoms with Gasteiger partial charge in [0.05, 0.1) is 6.10 Å². The molecule has 0 unspecified atom stereocenters. The first kappa shape index (κ1) is 9.36. The van der Waals surface area contributed by atoms with Gasteiger partial charge < -0.3 is 10.4 Å². The van der Waals surface area contributed by atoms with E-state index in [-0.39, 0.29) is 6.10 Å². The van der Waals surface area contributed by atoms with E-state index in [0.29, 0.717) is 6.04 Å². The molecule has 11 heavy (non-hydrogen) atoms. The van der Waals surface area contributed by atoms with E-state index in [0.717, 1.165) is 19.4 Å². The molecule has 0 aromatic heterocycles. The van der Waals surface area contributed by atoms with Gasteiger partial charge in [0.15, 0.2) is 0 Å². The summed E-state index contributed by atoms with van der Waals surface area (Å²) in [4.78, 5) is 0. The molecule has 1 aliphatic rings. The Morgan fingerprint density at radius 2 is 2.27 bits per heavy atom. The number of hydrogen-bond donors (Lipinski definition) is 2. The lowest BCUT2D eigenvalue weighted by atomic mass is 9.90. The fourth-order valence-electron chi connectivity index (χ4n) is 1.23. The van der Waals surface area contributed by atoms with Crippen LogP contribution in [0.2, 0.25) is 0 Å². The van der Waals surface area contributed by atoms with Crippen LogP contribution in [0.1, 0.15) is 19.8 Å². The normalized spacial score (nSPS) is 30.0. The van der Waals surface area contributed by atoms with Gasteiger partial charge in [0.25, 0.3) is 0 Å². The van der Waals surface area contributed by atoms with E-state index in [2.05, 4.69) is 12.2 Å². The molecule has 0 radical (unpaired) electrons.